The van der Waals surface area contributed by atoms with Gasteiger partial charge in [0.05, 0.1) is 10.6 Å². The predicted octanol–water partition coefficient (Wildman–Crippen LogP) is 3.81. The Hall–Kier alpha value is -3.98. The Morgan fingerprint density at radius 1 is 1.03 bits per heavy atom. The molecule has 0 atom stereocenters. The molecule has 1 amide bonds. The van der Waals surface area contributed by atoms with Crippen molar-refractivity contribution in [3.05, 3.63) is 96.3 Å². The van der Waals surface area contributed by atoms with Crippen molar-refractivity contribution in [2.24, 2.45) is 0 Å². The Bertz CT molecular complexity index is 1500. The second-order valence-corrected chi connectivity index (χ2v) is 9.79. The van der Waals surface area contributed by atoms with Crippen LogP contribution in [-0.4, -0.2) is 30.4 Å². The molecule has 0 saturated heterocycles. The number of carbonyl (C=O) groups excluding carboxylic acids is 1. The number of nitrogens with one attached hydrogen (secondary N) is 1. The molecule has 1 N–H and O–H groups in total. The lowest BCUT2D eigenvalue weighted by Crippen LogP contribution is -2.42. The third-order valence-corrected chi connectivity index (χ3v) is 7.61. The molecule has 34 heavy (non-hydrogen) atoms. The van der Waals surface area contributed by atoms with E-state index in [-0.39, 0.29) is 17.1 Å². The second-order valence-electron chi connectivity index (χ2n) is 7.96. The SMILES string of the molecule is Cc1nccn1-c1ccc(CNC(=O)CN2c3ccc(F)cc3-c3ccccc3S2(=O)=O)cc1. The van der Waals surface area contributed by atoms with Gasteiger partial charge in [0.2, 0.25) is 5.91 Å². The van der Waals surface area contributed by atoms with Gasteiger partial charge in [0.25, 0.3) is 10.0 Å². The van der Waals surface area contributed by atoms with Gasteiger partial charge in [0.15, 0.2) is 0 Å². The third kappa shape index (κ3) is 3.84. The largest absolute Gasteiger partial charge is 0.350 e. The summed E-state index contributed by atoms with van der Waals surface area (Å²) in [6.07, 6.45) is 3.59. The van der Waals surface area contributed by atoms with E-state index < -0.39 is 28.3 Å². The van der Waals surface area contributed by atoms with Crippen LogP contribution >= 0.6 is 0 Å². The lowest BCUT2D eigenvalue weighted by molar-refractivity contribution is -0.119. The summed E-state index contributed by atoms with van der Waals surface area (Å²) in [4.78, 5) is 17.0. The van der Waals surface area contributed by atoms with E-state index in [2.05, 4.69) is 10.3 Å². The van der Waals surface area contributed by atoms with Crippen LogP contribution in [0.15, 0.2) is 84.0 Å². The molecule has 0 spiro atoms. The Kier molecular flexibility index (Phi) is 5.41. The van der Waals surface area contributed by atoms with Gasteiger partial charge >= 0.3 is 0 Å². The number of rotatable bonds is 5. The zero-order valence-corrected chi connectivity index (χ0v) is 19.1. The Balaban J connectivity index is 1.34. The van der Waals surface area contributed by atoms with Crippen LogP contribution in [0.1, 0.15) is 11.4 Å². The number of anilines is 1. The summed E-state index contributed by atoms with van der Waals surface area (Å²) >= 11 is 0. The lowest BCUT2D eigenvalue weighted by Gasteiger charge is -2.31. The van der Waals surface area contributed by atoms with Crippen LogP contribution in [0, 0.1) is 12.7 Å². The van der Waals surface area contributed by atoms with Crippen LogP contribution in [0.2, 0.25) is 0 Å². The first-order chi connectivity index (χ1) is 16.3. The van der Waals surface area contributed by atoms with E-state index in [9.17, 15) is 17.6 Å². The second kappa shape index (κ2) is 8.42. The number of aryl methyl sites for hydroxylation is 1. The van der Waals surface area contributed by atoms with Crippen LogP contribution in [0.25, 0.3) is 16.8 Å². The molecule has 0 aliphatic carbocycles. The molecule has 5 rings (SSSR count). The summed E-state index contributed by atoms with van der Waals surface area (Å²) in [6, 6.07) is 17.9. The molecule has 0 radical (unpaired) electrons. The topological polar surface area (TPSA) is 84.3 Å². The van der Waals surface area contributed by atoms with Crippen molar-refractivity contribution >= 4 is 21.6 Å². The molecule has 1 aliphatic heterocycles. The van der Waals surface area contributed by atoms with Crippen LogP contribution in [0.3, 0.4) is 0 Å². The average Bonchev–Trinajstić information content (AvgIpc) is 3.27. The van der Waals surface area contributed by atoms with Gasteiger partial charge in [0.1, 0.15) is 18.2 Å². The van der Waals surface area contributed by atoms with E-state index >= 15 is 0 Å². The van der Waals surface area contributed by atoms with Crippen LogP contribution in [-0.2, 0) is 21.4 Å². The van der Waals surface area contributed by atoms with Crippen molar-refractivity contribution in [3.63, 3.8) is 0 Å². The molecule has 0 saturated carbocycles. The summed E-state index contributed by atoms with van der Waals surface area (Å²) in [5.41, 5.74) is 2.94. The molecule has 1 aromatic heterocycles. The minimum absolute atomic E-state index is 0.0475. The number of imidazole rings is 1. The average molecular weight is 477 g/mol. The summed E-state index contributed by atoms with van der Waals surface area (Å²) in [5.74, 6) is -0.0788. The molecule has 7 nitrogen and oxygen atoms in total. The number of halogens is 1. The highest BCUT2D eigenvalue weighted by Gasteiger charge is 2.36. The maximum atomic E-state index is 14.0. The number of amides is 1. The summed E-state index contributed by atoms with van der Waals surface area (Å²) in [7, 11) is -3.98. The van der Waals surface area contributed by atoms with Crippen molar-refractivity contribution in [1.82, 2.24) is 14.9 Å². The van der Waals surface area contributed by atoms with Crippen LogP contribution in [0.5, 0.6) is 0 Å². The number of aromatic nitrogens is 2. The number of fused-ring (bicyclic) bond motifs is 3. The molecule has 1 aliphatic rings. The first-order valence-corrected chi connectivity index (χ1v) is 12.1. The van der Waals surface area contributed by atoms with Crippen molar-refractivity contribution in [3.8, 4) is 16.8 Å². The number of nitrogens with zero attached hydrogens (tertiary/aromatic N) is 3. The van der Waals surface area contributed by atoms with E-state index in [0.29, 0.717) is 11.1 Å². The molecule has 2 heterocycles. The zero-order valence-electron chi connectivity index (χ0n) is 18.3. The number of sulfonamides is 1. The first-order valence-electron chi connectivity index (χ1n) is 10.6. The third-order valence-electron chi connectivity index (χ3n) is 5.79. The van der Waals surface area contributed by atoms with Gasteiger partial charge in [-0.05, 0) is 48.9 Å². The fourth-order valence-electron chi connectivity index (χ4n) is 4.09. The number of benzene rings is 3. The molecule has 0 bridgehead atoms. The molecule has 0 fully saturated rings. The monoisotopic (exact) mass is 476 g/mol. The molecule has 0 unspecified atom stereocenters. The quantitative estimate of drug-likeness (QED) is 0.475. The Labute approximate surface area is 196 Å². The van der Waals surface area contributed by atoms with E-state index in [1.54, 1.807) is 24.4 Å². The van der Waals surface area contributed by atoms with E-state index in [1.807, 2.05) is 42.0 Å². The van der Waals surface area contributed by atoms with Gasteiger partial charge in [0, 0.05) is 35.8 Å². The predicted molar refractivity (Wildman–Crippen MR) is 127 cm³/mol. The minimum atomic E-state index is -3.98. The molecule has 3 aromatic carbocycles. The zero-order chi connectivity index (χ0) is 23.9. The molecular weight excluding hydrogens is 455 g/mol. The summed E-state index contributed by atoms with van der Waals surface area (Å²) in [6.45, 7) is 1.73. The molecule has 172 valence electrons. The first kappa shape index (κ1) is 21.8. The fraction of sp³-hybridized carbons (Fsp3) is 0.120. The van der Waals surface area contributed by atoms with Gasteiger partial charge in [-0.2, -0.15) is 0 Å². The van der Waals surface area contributed by atoms with Gasteiger partial charge in [-0.3, -0.25) is 9.10 Å². The van der Waals surface area contributed by atoms with Crippen molar-refractivity contribution in [2.75, 3.05) is 10.8 Å². The van der Waals surface area contributed by atoms with E-state index in [0.717, 1.165) is 21.4 Å². The highest BCUT2D eigenvalue weighted by molar-refractivity contribution is 7.93. The number of hydrogen-bond acceptors (Lipinski definition) is 4. The number of hydrogen-bond donors (Lipinski definition) is 1. The van der Waals surface area contributed by atoms with Gasteiger partial charge in [-0.1, -0.05) is 30.3 Å². The fourth-order valence-corrected chi connectivity index (χ4v) is 5.74. The van der Waals surface area contributed by atoms with Crippen LogP contribution < -0.4 is 9.62 Å². The minimum Gasteiger partial charge on any atom is -0.350 e. The molecule has 4 aromatic rings. The normalized spacial score (nSPS) is 13.8. The summed E-state index contributed by atoms with van der Waals surface area (Å²) < 4.78 is 43.5. The highest BCUT2D eigenvalue weighted by atomic mass is 32.2. The van der Waals surface area contributed by atoms with Crippen LogP contribution in [0.4, 0.5) is 10.1 Å². The van der Waals surface area contributed by atoms with Gasteiger partial charge in [-0.15, -0.1) is 0 Å². The smallest absolute Gasteiger partial charge is 0.265 e. The molecular formula is C25H21FN4O3S. The van der Waals surface area contributed by atoms with E-state index in [1.165, 1.54) is 24.3 Å². The maximum Gasteiger partial charge on any atom is 0.265 e. The van der Waals surface area contributed by atoms with Crippen molar-refractivity contribution in [1.29, 1.82) is 0 Å². The maximum absolute atomic E-state index is 14.0. The van der Waals surface area contributed by atoms with Gasteiger partial charge in [-0.25, -0.2) is 17.8 Å². The number of carbonyl (C=O) groups is 1. The summed E-state index contributed by atoms with van der Waals surface area (Å²) in [5, 5.41) is 2.78. The van der Waals surface area contributed by atoms with Crippen molar-refractivity contribution in [2.45, 2.75) is 18.4 Å². The van der Waals surface area contributed by atoms with Crippen molar-refractivity contribution < 1.29 is 17.6 Å². The standard InChI is InChI=1S/C25H21FN4O3S/c1-17-27-12-13-29(17)20-9-6-18(7-10-20)15-28-25(31)16-30-23-11-8-19(26)14-22(23)21-4-2-3-5-24(21)34(30,32)33/h2-14H,15-16H2,1H3,(H,28,31). The Morgan fingerprint density at radius 3 is 2.53 bits per heavy atom. The molecule has 9 heteroatoms. The Morgan fingerprint density at radius 2 is 1.79 bits per heavy atom. The van der Waals surface area contributed by atoms with Gasteiger partial charge < -0.3 is 9.88 Å². The highest BCUT2D eigenvalue weighted by Crippen LogP contribution is 2.42. The lowest BCUT2D eigenvalue weighted by atomic mass is 10.0. The van der Waals surface area contributed by atoms with E-state index in [4.69, 9.17) is 0 Å².